The highest BCUT2D eigenvalue weighted by Gasteiger charge is 2.05. The third-order valence-electron chi connectivity index (χ3n) is 3.67. The van der Waals surface area contributed by atoms with Crippen LogP contribution in [0.5, 0.6) is 0 Å². The van der Waals surface area contributed by atoms with E-state index in [9.17, 15) is 4.79 Å². The van der Waals surface area contributed by atoms with Crippen LogP contribution in [0.1, 0.15) is 11.1 Å². The SMILES string of the molecule is O=C(Cc1cccc2ccccc12)N/N=C/C=C/c1ccccc1. The van der Waals surface area contributed by atoms with Gasteiger partial charge in [-0.15, -0.1) is 0 Å². The first-order chi connectivity index (χ1) is 11.8. The van der Waals surface area contributed by atoms with E-state index < -0.39 is 0 Å². The van der Waals surface area contributed by atoms with Crippen LogP contribution in [0, 0.1) is 0 Å². The fourth-order valence-corrected chi connectivity index (χ4v) is 2.53. The molecule has 0 bridgehead atoms. The number of carbonyl (C=O) groups excluding carboxylic acids is 1. The average Bonchev–Trinajstić information content (AvgIpc) is 2.63. The summed E-state index contributed by atoms with van der Waals surface area (Å²) in [6.45, 7) is 0. The summed E-state index contributed by atoms with van der Waals surface area (Å²) in [6.07, 6.45) is 5.61. The Hall–Kier alpha value is -3.20. The van der Waals surface area contributed by atoms with Gasteiger partial charge in [0.15, 0.2) is 0 Å². The number of nitrogens with one attached hydrogen (secondary N) is 1. The number of nitrogens with zero attached hydrogens (tertiary/aromatic N) is 1. The molecule has 0 saturated heterocycles. The molecule has 0 atom stereocenters. The molecule has 0 unspecified atom stereocenters. The predicted octanol–water partition coefficient (Wildman–Crippen LogP) is 4.20. The van der Waals surface area contributed by atoms with Gasteiger partial charge in [-0.05, 0) is 28.0 Å². The molecule has 3 heteroatoms. The van der Waals surface area contributed by atoms with Gasteiger partial charge >= 0.3 is 0 Å². The summed E-state index contributed by atoms with van der Waals surface area (Å²) in [6, 6.07) is 24.0. The lowest BCUT2D eigenvalue weighted by Gasteiger charge is -2.05. The highest BCUT2D eigenvalue weighted by Crippen LogP contribution is 2.18. The van der Waals surface area contributed by atoms with Gasteiger partial charge in [0.2, 0.25) is 5.91 Å². The van der Waals surface area contributed by atoms with Gasteiger partial charge in [-0.2, -0.15) is 5.10 Å². The number of fused-ring (bicyclic) bond motifs is 1. The summed E-state index contributed by atoms with van der Waals surface area (Å²) in [4.78, 5) is 12.0. The van der Waals surface area contributed by atoms with Gasteiger partial charge < -0.3 is 0 Å². The molecule has 24 heavy (non-hydrogen) atoms. The van der Waals surface area contributed by atoms with E-state index in [1.807, 2.05) is 78.9 Å². The Kier molecular flexibility index (Phi) is 5.15. The molecule has 0 aromatic heterocycles. The first kappa shape index (κ1) is 15.7. The van der Waals surface area contributed by atoms with Crippen LogP contribution in [-0.2, 0) is 11.2 Å². The van der Waals surface area contributed by atoms with E-state index in [1.165, 1.54) is 0 Å². The predicted molar refractivity (Wildman–Crippen MR) is 99.8 cm³/mol. The summed E-state index contributed by atoms with van der Waals surface area (Å²) >= 11 is 0. The standard InChI is InChI=1S/C21H18N2O/c24-21(23-22-15-7-10-17-8-2-1-3-9-17)16-19-13-6-12-18-11-4-5-14-20(18)19/h1-15H,16H2,(H,23,24)/b10-7+,22-15+. The van der Waals surface area contributed by atoms with E-state index in [2.05, 4.69) is 10.5 Å². The maximum Gasteiger partial charge on any atom is 0.244 e. The van der Waals surface area contributed by atoms with Crippen molar-refractivity contribution in [1.29, 1.82) is 0 Å². The zero-order chi connectivity index (χ0) is 16.6. The maximum absolute atomic E-state index is 12.0. The van der Waals surface area contributed by atoms with Crippen LogP contribution < -0.4 is 5.43 Å². The fraction of sp³-hybridized carbons (Fsp3) is 0.0476. The molecule has 0 aliphatic rings. The topological polar surface area (TPSA) is 41.5 Å². The van der Waals surface area contributed by atoms with Crippen LogP contribution in [0.4, 0.5) is 0 Å². The minimum Gasteiger partial charge on any atom is -0.273 e. The first-order valence-corrected chi connectivity index (χ1v) is 7.83. The summed E-state index contributed by atoms with van der Waals surface area (Å²) in [7, 11) is 0. The van der Waals surface area contributed by atoms with E-state index in [0.29, 0.717) is 6.42 Å². The molecule has 3 rings (SSSR count). The Labute approximate surface area is 141 Å². The molecule has 0 fully saturated rings. The third kappa shape index (κ3) is 4.17. The van der Waals surface area contributed by atoms with E-state index >= 15 is 0 Å². The van der Waals surface area contributed by atoms with Gasteiger partial charge in [0, 0.05) is 6.21 Å². The van der Waals surface area contributed by atoms with Crippen molar-refractivity contribution < 1.29 is 4.79 Å². The lowest BCUT2D eigenvalue weighted by Crippen LogP contribution is -2.19. The van der Waals surface area contributed by atoms with Gasteiger partial charge in [0.05, 0.1) is 6.42 Å². The second kappa shape index (κ2) is 7.88. The number of amides is 1. The second-order valence-corrected chi connectivity index (χ2v) is 5.40. The maximum atomic E-state index is 12.0. The number of benzene rings is 3. The summed E-state index contributed by atoms with van der Waals surface area (Å²) in [5.74, 6) is -0.129. The number of allylic oxidation sites excluding steroid dienone is 1. The van der Waals surface area contributed by atoms with E-state index in [-0.39, 0.29) is 5.91 Å². The van der Waals surface area contributed by atoms with Crippen molar-refractivity contribution >= 4 is 29.0 Å². The molecule has 0 aliphatic carbocycles. The van der Waals surface area contributed by atoms with Crippen LogP contribution in [0.15, 0.2) is 84.0 Å². The molecule has 1 amide bonds. The van der Waals surface area contributed by atoms with Crippen molar-refractivity contribution in [3.63, 3.8) is 0 Å². The number of carbonyl (C=O) groups is 1. The highest BCUT2D eigenvalue weighted by atomic mass is 16.2. The van der Waals surface area contributed by atoms with Gasteiger partial charge in [0.1, 0.15) is 0 Å². The quantitative estimate of drug-likeness (QED) is 0.556. The summed E-state index contributed by atoms with van der Waals surface area (Å²) in [5.41, 5.74) is 4.65. The summed E-state index contributed by atoms with van der Waals surface area (Å²) < 4.78 is 0. The van der Waals surface area contributed by atoms with Crippen molar-refractivity contribution in [2.24, 2.45) is 5.10 Å². The second-order valence-electron chi connectivity index (χ2n) is 5.40. The Bertz CT molecular complexity index is 877. The van der Waals surface area contributed by atoms with E-state index in [4.69, 9.17) is 0 Å². The Morgan fingerprint density at radius 2 is 1.67 bits per heavy atom. The van der Waals surface area contributed by atoms with Crippen LogP contribution in [0.2, 0.25) is 0 Å². The van der Waals surface area contributed by atoms with E-state index in [0.717, 1.165) is 21.9 Å². The van der Waals surface area contributed by atoms with Crippen LogP contribution >= 0.6 is 0 Å². The van der Waals surface area contributed by atoms with Crippen molar-refractivity contribution in [2.75, 3.05) is 0 Å². The van der Waals surface area contributed by atoms with Crippen LogP contribution in [0.25, 0.3) is 16.8 Å². The summed E-state index contributed by atoms with van der Waals surface area (Å²) in [5, 5.41) is 6.19. The number of hydrogen-bond donors (Lipinski definition) is 1. The molecule has 0 saturated carbocycles. The average molecular weight is 314 g/mol. The van der Waals surface area contributed by atoms with Crippen molar-refractivity contribution in [1.82, 2.24) is 5.43 Å². The lowest BCUT2D eigenvalue weighted by atomic mass is 10.0. The minimum atomic E-state index is -0.129. The fourth-order valence-electron chi connectivity index (χ4n) is 2.53. The Morgan fingerprint density at radius 1 is 0.917 bits per heavy atom. The Balaban J connectivity index is 1.57. The van der Waals surface area contributed by atoms with Gasteiger partial charge in [0.25, 0.3) is 0 Å². The lowest BCUT2D eigenvalue weighted by molar-refractivity contribution is -0.120. The minimum absolute atomic E-state index is 0.129. The Morgan fingerprint density at radius 3 is 2.54 bits per heavy atom. The molecular weight excluding hydrogens is 296 g/mol. The largest absolute Gasteiger partial charge is 0.273 e. The molecule has 1 N–H and O–H groups in total. The third-order valence-corrected chi connectivity index (χ3v) is 3.67. The number of rotatable bonds is 5. The van der Waals surface area contributed by atoms with Gasteiger partial charge in [-0.3, -0.25) is 4.79 Å². The molecule has 3 aromatic carbocycles. The van der Waals surface area contributed by atoms with Gasteiger partial charge in [-0.1, -0.05) is 78.9 Å². The molecule has 3 nitrogen and oxygen atoms in total. The van der Waals surface area contributed by atoms with Crippen molar-refractivity contribution in [3.05, 3.63) is 90.0 Å². The van der Waals surface area contributed by atoms with Crippen molar-refractivity contribution in [3.8, 4) is 0 Å². The normalized spacial score (nSPS) is 11.3. The molecule has 0 heterocycles. The first-order valence-electron chi connectivity index (χ1n) is 7.83. The number of hydrazone groups is 1. The molecule has 0 aliphatic heterocycles. The molecule has 3 aromatic rings. The molecule has 0 spiro atoms. The van der Waals surface area contributed by atoms with E-state index in [1.54, 1.807) is 12.3 Å². The monoisotopic (exact) mass is 314 g/mol. The molecule has 118 valence electrons. The molecular formula is C21H18N2O. The molecule has 0 radical (unpaired) electrons. The van der Waals surface area contributed by atoms with Gasteiger partial charge in [-0.25, -0.2) is 5.43 Å². The van der Waals surface area contributed by atoms with Crippen molar-refractivity contribution in [2.45, 2.75) is 6.42 Å². The van der Waals surface area contributed by atoms with Crippen LogP contribution in [0.3, 0.4) is 0 Å². The zero-order valence-electron chi connectivity index (χ0n) is 13.2. The highest BCUT2D eigenvalue weighted by molar-refractivity contribution is 5.90. The zero-order valence-corrected chi connectivity index (χ0v) is 13.2. The number of hydrogen-bond acceptors (Lipinski definition) is 2. The smallest absolute Gasteiger partial charge is 0.244 e. The van der Waals surface area contributed by atoms with Crippen LogP contribution in [-0.4, -0.2) is 12.1 Å².